The van der Waals surface area contributed by atoms with Gasteiger partial charge in [0, 0.05) is 35.6 Å². The second-order valence-electron chi connectivity index (χ2n) is 9.06. The molecule has 0 radical (unpaired) electrons. The van der Waals surface area contributed by atoms with Crippen LogP contribution in [0.1, 0.15) is 18.4 Å². The first kappa shape index (κ1) is 19.8. The summed E-state index contributed by atoms with van der Waals surface area (Å²) in [6, 6.07) is 19.9. The van der Waals surface area contributed by atoms with E-state index in [-0.39, 0.29) is 0 Å². The highest BCUT2D eigenvalue weighted by atomic mass is 32.2. The van der Waals surface area contributed by atoms with Gasteiger partial charge in [0.2, 0.25) is 0 Å². The third-order valence-electron chi connectivity index (χ3n) is 7.19. The van der Waals surface area contributed by atoms with E-state index in [4.69, 9.17) is 0 Å². The Morgan fingerprint density at radius 2 is 1.69 bits per heavy atom. The van der Waals surface area contributed by atoms with Crippen LogP contribution in [0.2, 0.25) is 0 Å². The molecule has 0 amide bonds. The van der Waals surface area contributed by atoms with Crippen molar-refractivity contribution in [3.05, 3.63) is 72.4 Å². The van der Waals surface area contributed by atoms with Gasteiger partial charge in [-0.2, -0.15) is 0 Å². The third-order valence-corrected chi connectivity index (χ3v) is 9.05. The van der Waals surface area contributed by atoms with Crippen LogP contribution in [0.4, 0.5) is 5.69 Å². The smallest absolute Gasteiger partial charge is 0.265 e. The molecule has 1 aromatic heterocycles. The number of aromatic nitrogens is 1. The minimum atomic E-state index is -3.46. The molecule has 1 fully saturated rings. The fraction of sp³-hybridized carbons (Fsp3) is 0.308. The Balaban J connectivity index is 1.10. The molecule has 5 nitrogen and oxygen atoms in total. The number of hydrogen-bond donors (Lipinski definition) is 1. The maximum atomic E-state index is 13.2. The predicted molar refractivity (Wildman–Crippen MR) is 130 cm³/mol. The molecule has 0 unspecified atom stereocenters. The minimum absolute atomic E-state index is 0.447. The lowest BCUT2D eigenvalue weighted by atomic mass is 9.90. The molecule has 6 heteroatoms. The molecule has 0 spiro atoms. The van der Waals surface area contributed by atoms with Crippen LogP contribution >= 0.6 is 0 Å². The van der Waals surface area contributed by atoms with Crippen LogP contribution < -0.4 is 4.31 Å². The highest BCUT2D eigenvalue weighted by molar-refractivity contribution is 7.93. The van der Waals surface area contributed by atoms with Crippen molar-refractivity contribution in [1.82, 2.24) is 9.88 Å². The molecule has 1 saturated heterocycles. The molecule has 3 aromatic carbocycles. The van der Waals surface area contributed by atoms with Gasteiger partial charge in [0.25, 0.3) is 10.0 Å². The fourth-order valence-corrected chi connectivity index (χ4v) is 7.16. The summed E-state index contributed by atoms with van der Waals surface area (Å²) >= 11 is 0. The van der Waals surface area contributed by atoms with Crippen LogP contribution in [0.25, 0.3) is 21.7 Å². The lowest BCUT2D eigenvalue weighted by Crippen LogP contribution is -2.41. The molecule has 2 aliphatic rings. The number of aromatic amines is 1. The molecule has 0 saturated carbocycles. The van der Waals surface area contributed by atoms with E-state index >= 15 is 0 Å². The van der Waals surface area contributed by atoms with E-state index in [0.717, 1.165) is 55.4 Å². The maximum Gasteiger partial charge on any atom is 0.265 e. The number of rotatable bonds is 5. The number of sulfonamides is 1. The number of anilines is 1. The van der Waals surface area contributed by atoms with E-state index in [0.29, 0.717) is 17.4 Å². The predicted octanol–water partition coefficient (Wildman–Crippen LogP) is 4.78. The molecule has 4 aromatic rings. The number of benzene rings is 3. The fourth-order valence-electron chi connectivity index (χ4n) is 5.46. The Kier molecular flexibility index (Phi) is 4.73. The zero-order valence-electron chi connectivity index (χ0n) is 18.0. The maximum absolute atomic E-state index is 13.2. The summed E-state index contributed by atoms with van der Waals surface area (Å²) in [5, 5.41) is 3.19. The molecule has 6 rings (SSSR count). The summed E-state index contributed by atoms with van der Waals surface area (Å²) in [6.07, 6.45) is 5.58. The van der Waals surface area contributed by atoms with Gasteiger partial charge in [-0.25, -0.2) is 8.42 Å². The van der Waals surface area contributed by atoms with E-state index in [1.165, 1.54) is 16.5 Å². The summed E-state index contributed by atoms with van der Waals surface area (Å²) in [6.45, 7) is 3.32. The van der Waals surface area contributed by atoms with E-state index < -0.39 is 10.0 Å². The average molecular weight is 446 g/mol. The van der Waals surface area contributed by atoms with Crippen molar-refractivity contribution in [3.8, 4) is 0 Å². The lowest BCUT2D eigenvalue weighted by Gasteiger charge is -2.33. The molecule has 1 N–H and O–H groups in total. The zero-order valence-corrected chi connectivity index (χ0v) is 18.8. The highest BCUT2D eigenvalue weighted by Gasteiger charge is 2.35. The largest absolute Gasteiger partial charge is 0.361 e. The monoisotopic (exact) mass is 445 g/mol. The Bertz CT molecular complexity index is 1400. The molecular weight excluding hydrogens is 418 g/mol. The Labute approximate surface area is 188 Å². The van der Waals surface area contributed by atoms with Crippen LogP contribution in [-0.2, 0) is 16.4 Å². The van der Waals surface area contributed by atoms with Crippen molar-refractivity contribution in [3.63, 3.8) is 0 Å². The Morgan fingerprint density at radius 3 is 2.53 bits per heavy atom. The minimum Gasteiger partial charge on any atom is -0.361 e. The van der Waals surface area contributed by atoms with Gasteiger partial charge in [-0.05, 0) is 67.4 Å². The zero-order chi connectivity index (χ0) is 21.7. The van der Waals surface area contributed by atoms with E-state index in [2.05, 4.69) is 40.3 Å². The molecule has 3 heterocycles. The summed E-state index contributed by atoms with van der Waals surface area (Å²) in [5.74, 6) is 0.680. The van der Waals surface area contributed by atoms with E-state index in [1.54, 1.807) is 10.4 Å². The van der Waals surface area contributed by atoms with Crippen molar-refractivity contribution >= 4 is 37.4 Å². The molecular formula is C26H27N3O2S. The normalized spacial score (nSPS) is 18.7. The number of likely N-dealkylation sites (tertiary alicyclic amines) is 1. The molecule has 164 valence electrons. The quantitative estimate of drug-likeness (QED) is 0.481. The average Bonchev–Trinajstić information content (AvgIpc) is 3.31. The summed E-state index contributed by atoms with van der Waals surface area (Å²) in [4.78, 5) is 6.26. The number of nitrogens with one attached hydrogen (secondary N) is 1. The number of nitrogens with zero attached hydrogens (tertiary/aromatic N) is 2. The molecule has 32 heavy (non-hydrogen) atoms. The van der Waals surface area contributed by atoms with E-state index in [9.17, 15) is 8.42 Å². The van der Waals surface area contributed by atoms with Gasteiger partial charge in [-0.3, -0.25) is 4.31 Å². The summed E-state index contributed by atoms with van der Waals surface area (Å²) < 4.78 is 28.0. The molecule has 2 aliphatic heterocycles. The molecule has 0 atom stereocenters. The molecule has 0 aliphatic carbocycles. The van der Waals surface area contributed by atoms with Crippen LogP contribution in [0.5, 0.6) is 0 Å². The first-order valence-electron chi connectivity index (χ1n) is 11.4. The lowest BCUT2D eigenvalue weighted by molar-refractivity contribution is 0.189. The van der Waals surface area contributed by atoms with Gasteiger partial charge in [-0.15, -0.1) is 0 Å². The third kappa shape index (κ3) is 3.21. The van der Waals surface area contributed by atoms with Crippen molar-refractivity contribution in [2.75, 3.05) is 30.5 Å². The van der Waals surface area contributed by atoms with Crippen molar-refractivity contribution in [2.24, 2.45) is 5.92 Å². The van der Waals surface area contributed by atoms with Crippen LogP contribution in [0, 0.1) is 5.92 Å². The molecule has 0 bridgehead atoms. The van der Waals surface area contributed by atoms with Gasteiger partial charge in [0.15, 0.2) is 0 Å². The summed E-state index contributed by atoms with van der Waals surface area (Å²) in [7, 11) is -3.46. The topological polar surface area (TPSA) is 56.4 Å². The van der Waals surface area contributed by atoms with Crippen molar-refractivity contribution in [2.45, 2.75) is 24.2 Å². The van der Waals surface area contributed by atoms with Crippen LogP contribution in [0.15, 0.2) is 71.8 Å². The number of piperidine rings is 1. The van der Waals surface area contributed by atoms with E-state index in [1.807, 2.05) is 30.3 Å². The van der Waals surface area contributed by atoms with Crippen LogP contribution in [-0.4, -0.2) is 44.5 Å². The second-order valence-corrected chi connectivity index (χ2v) is 10.9. The first-order chi connectivity index (χ1) is 15.6. The van der Waals surface area contributed by atoms with Crippen molar-refractivity contribution < 1.29 is 8.42 Å². The van der Waals surface area contributed by atoms with Gasteiger partial charge < -0.3 is 9.88 Å². The SMILES string of the molecule is O=S1(=O)c2cccc3cccc(c23)N1CCN1CCC(Cc2c[nH]c3ccccc23)CC1. The van der Waals surface area contributed by atoms with Gasteiger partial charge in [-0.1, -0.05) is 42.5 Å². The number of H-pyrrole nitrogens is 1. The van der Waals surface area contributed by atoms with Gasteiger partial charge in [0.05, 0.1) is 10.6 Å². The number of hydrogen-bond acceptors (Lipinski definition) is 3. The highest BCUT2D eigenvalue weighted by Crippen LogP contribution is 2.41. The Hall–Kier alpha value is -2.83. The van der Waals surface area contributed by atoms with Crippen LogP contribution in [0.3, 0.4) is 0 Å². The van der Waals surface area contributed by atoms with Gasteiger partial charge >= 0.3 is 0 Å². The second kappa shape index (κ2) is 7.64. The number of fused-ring (bicyclic) bond motifs is 1. The standard InChI is InChI=1S/C26H27N3O2S/c30-32(31)25-10-4-6-20-5-3-9-24(26(20)25)29(32)16-15-28-13-11-19(12-14-28)17-21-18-27-23-8-2-1-7-22(21)23/h1-10,18-19,27H,11-17H2. The number of para-hydroxylation sites is 1. The van der Waals surface area contributed by atoms with Gasteiger partial charge in [0.1, 0.15) is 0 Å². The summed E-state index contributed by atoms with van der Waals surface area (Å²) in [5.41, 5.74) is 3.45. The first-order valence-corrected chi connectivity index (χ1v) is 12.9. The van der Waals surface area contributed by atoms with Crippen molar-refractivity contribution in [1.29, 1.82) is 0 Å². The Morgan fingerprint density at radius 1 is 0.906 bits per heavy atom.